The van der Waals surface area contributed by atoms with Crippen molar-refractivity contribution < 1.29 is 4.84 Å². The number of nitrogens with zero attached hydrogens (tertiary/aromatic N) is 3. The van der Waals surface area contributed by atoms with E-state index in [-0.39, 0.29) is 0 Å². The van der Waals surface area contributed by atoms with Gasteiger partial charge in [0.2, 0.25) is 5.16 Å². The highest BCUT2D eigenvalue weighted by atomic mass is 32.2. The number of rotatable bonds is 6. The first kappa shape index (κ1) is 14.5. The van der Waals surface area contributed by atoms with Crippen molar-refractivity contribution in [3.8, 4) is 0 Å². The first-order valence-corrected chi connectivity index (χ1v) is 7.11. The summed E-state index contributed by atoms with van der Waals surface area (Å²) in [7, 11) is 1.55. The van der Waals surface area contributed by atoms with E-state index in [1.807, 2.05) is 25.1 Å². The van der Waals surface area contributed by atoms with Crippen LogP contribution in [0, 0.1) is 6.92 Å². The normalized spacial score (nSPS) is 10.9. The lowest BCUT2D eigenvalue weighted by Gasteiger charge is -2.03. The summed E-state index contributed by atoms with van der Waals surface area (Å²) in [6.45, 7) is 1.87. The Kier molecular flexibility index (Phi) is 5.52. The Morgan fingerprint density at radius 1 is 1.25 bits per heavy atom. The Balaban J connectivity index is 2.03. The van der Waals surface area contributed by atoms with Crippen molar-refractivity contribution in [3.05, 3.63) is 53.5 Å². The highest BCUT2D eigenvalue weighted by Crippen LogP contribution is 2.19. The number of nitrogens with one attached hydrogen (secondary N) is 1. The van der Waals surface area contributed by atoms with Gasteiger partial charge in [-0.2, -0.15) is 5.10 Å². The molecule has 2 rings (SSSR count). The fourth-order valence-electron chi connectivity index (χ4n) is 1.50. The Labute approximate surface area is 122 Å². The zero-order valence-corrected chi connectivity index (χ0v) is 12.2. The molecule has 5 nitrogen and oxygen atoms in total. The molecular weight excluding hydrogens is 272 g/mol. The fourth-order valence-corrected chi connectivity index (χ4v) is 2.25. The second kappa shape index (κ2) is 7.62. The predicted octanol–water partition coefficient (Wildman–Crippen LogP) is 2.59. The molecule has 1 N–H and O–H groups in total. The molecule has 0 saturated heterocycles. The smallest absolute Gasteiger partial charge is 0.209 e. The predicted molar refractivity (Wildman–Crippen MR) is 79.7 cm³/mol. The van der Waals surface area contributed by atoms with Crippen LogP contribution in [0.25, 0.3) is 6.08 Å². The number of hydrogen-bond donors (Lipinski definition) is 1. The molecule has 0 aliphatic carbocycles. The van der Waals surface area contributed by atoms with Gasteiger partial charge in [0.05, 0.1) is 18.5 Å². The number of aromatic nitrogens is 3. The lowest BCUT2D eigenvalue weighted by Crippen LogP contribution is -2.02. The minimum Gasteiger partial charge on any atom is -0.280 e. The molecule has 2 aromatic rings. The van der Waals surface area contributed by atoms with Crippen LogP contribution < -0.4 is 5.48 Å². The molecule has 0 aliphatic heterocycles. The molecule has 1 aromatic heterocycles. The van der Waals surface area contributed by atoms with E-state index in [1.54, 1.807) is 31.1 Å². The Bertz CT molecular complexity index is 575. The van der Waals surface area contributed by atoms with Gasteiger partial charge in [-0.05, 0) is 18.6 Å². The highest BCUT2D eigenvalue weighted by Gasteiger charge is 2.04. The van der Waals surface area contributed by atoms with Crippen LogP contribution in [0.4, 0.5) is 0 Å². The zero-order chi connectivity index (χ0) is 14.2. The standard InChI is InChI=1S/C14H16N4OS/c1-11-13(8-9-15-19-2)16-14(18-17-11)20-10-12-6-4-3-5-7-12/h3-9,15H,10H2,1-2H3/b9-8+. The van der Waals surface area contributed by atoms with E-state index < -0.39 is 0 Å². The van der Waals surface area contributed by atoms with Crippen LogP contribution in [-0.2, 0) is 10.6 Å². The quantitative estimate of drug-likeness (QED) is 0.651. The van der Waals surface area contributed by atoms with Gasteiger partial charge in [0.15, 0.2) is 0 Å². The summed E-state index contributed by atoms with van der Waals surface area (Å²) in [6, 6.07) is 10.2. The lowest BCUT2D eigenvalue weighted by molar-refractivity contribution is 0.129. The molecule has 20 heavy (non-hydrogen) atoms. The number of aryl methyl sites for hydroxylation is 1. The van der Waals surface area contributed by atoms with Gasteiger partial charge >= 0.3 is 0 Å². The van der Waals surface area contributed by atoms with E-state index in [0.717, 1.165) is 17.1 Å². The first-order valence-electron chi connectivity index (χ1n) is 6.12. The van der Waals surface area contributed by atoms with Gasteiger partial charge in [0.25, 0.3) is 0 Å². The largest absolute Gasteiger partial charge is 0.280 e. The molecule has 0 saturated carbocycles. The Morgan fingerprint density at radius 2 is 2.05 bits per heavy atom. The molecule has 0 atom stereocenters. The maximum Gasteiger partial charge on any atom is 0.209 e. The number of thioether (sulfide) groups is 1. The summed E-state index contributed by atoms with van der Waals surface area (Å²) < 4.78 is 0. The van der Waals surface area contributed by atoms with E-state index in [0.29, 0.717) is 5.16 Å². The summed E-state index contributed by atoms with van der Waals surface area (Å²) in [5.41, 5.74) is 5.42. The van der Waals surface area contributed by atoms with Crippen molar-refractivity contribution in [2.45, 2.75) is 17.8 Å². The molecular formula is C14H16N4OS. The fraction of sp³-hybridized carbons (Fsp3) is 0.214. The van der Waals surface area contributed by atoms with Gasteiger partial charge in [-0.15, -0.1) is 5.10 Å². The second-order valence-electron chi connectivity index (χ2n) is 3.99. The van der Waals surface area contributed by atoms with Crippen LogP contribution in [0.3, 0.4) is 0 Å². The molecule has 104 valence electrons. The average molecular weight is 288 g/mol. The monoisotopic (exact) mass is 288 g/mol. The minimum atomic E-state index is 0.663. The topological polar surface area (TPSA) is 59.9 Å². The minimum absolute atomic E-state index is 0.663. The van der Waals surface area contributed by atoms with Gasteiger partial charge in [-0.3, -0.25) is 10.3 Å². The molecule has 0 aliphatic rings. The van der Waals surface area contributed by atoms with Crippen LogP contribution >= 0.6 is 11.8 Å². The third-order valence-corrected chi connectivity index (χ3v) is 3.42. The summed E-state index contributed by atoms with van der Waals surface area (Å²) in [6.07, 6.45) is 3.47. The van der Waals surface area contributed by atoms with Crippen LogP contribution in [0.15, 0.2) is 41.7 Å². The number of hydroxylamine groups is 1. The number of hydrogen-bond acceptors (Lipinski definition) is 6. The molecule has 0 bridgehead atoms. The van der Waals surface area contributed by atoms with E-state index in [9.17, 15) is 0 Å². The second-order valence-corrected chi connectivity index (χ2v) is 4.94. The Morgan fingerprint density at radius 3 is 2.80 bits per heavy atom. The molecule has 1 heterocycles. The van der Waals surface area contributed by atoms with Crippen molar-refractivity contribution in [2.24, 2.45) is 0 Å². The van der Waals surface area contributed by atoms with Gasteiger partial charge in [0.1, 0.15) is 0 Å². The molecule has 0 radical (unpaired) electrons. The van der Waals surface area contributed by atoms with Crippen molar-refractivity contribution in [1.29, 1.82) is 0 Å². The van der Waals surface area contributed by atoms with Crippen LogP contribution in [0.2, 0.25) is 0 Å². The molecule has 0 fully saturated rings. The lowest BCUT2D eigenvalue weighted by atomic mass is 10.2. The maximum absolute atomic E-state index is 4.73. The third-order valence-electron chi connectivity index (χ3n) is 2.51. The summed E-state index contributed by atoms with van der Waals surface area (Å²) in [5, 5.41) is 8.88. The summed E-state index contributed by atoms with van der Waals surface area (Å²) in [4.78, 5) is 9.20. The first-order chi connectivity index (χ1) is 9.79. The van der Waals surface area contributed by atoms with E-state index >= 15 is 0 Å². The van der Waals surface area contributed by atoms with Crippen LogP contribution in [0.5, 0.6) is 0 Å². The molecule has 0 unspecified atom stereocenters. The highest BCUT2D eigenvalue weighted by molar-refractivity contribution is 7.98. The van der Waals surface area contributed by atoms with Crippen LogP contribution in [-0.4, -0.2) is 22.3 Å². The van der Waals surface area contributed by atoms with Crippen molar-refractivity contribution >= 4 is 17.8 Å². The molecule has 6 heteroatoms. The van der Waals surface area contributed by atoms with E-state index in [4.69, 9.17) is 4.84 Å². The van der Waals surface area contributed by atoms with Gasteiger partial charge < -0.3 is 0 Å². The maximum atomic E-state index is 4.73. The van der Waals surface area contributed by atoms with Gasteiger partial charge in [0, 0.05) is 12.0 Å². The van der Waals surface area contributed by atoms with E-state index in [1.165, 1.54) is 5.56 Å². The SMILES string of the molecule is CON/C=C/c1nc(SCc2ccccc2)nnc1C. The van der Waals surface area contributed by atoms with Crippen molar-refractivity contribution in [1.82, 2.24) is 20.7 Å². The summed E-state index contributed by atoms with van der Waals surface area (Å²) in [5.74, 6) is 0.824. The average Bonchev–Trinajstić information content (AvgIpc) is 2.49. The van der Waals surface area contributed by atoms with Crippen molar-refractivity contribution in [3.63, 3.8) is 0 Å². The van der Waals surface area contributed by atoms with Gasteiger partial charge in [-0.1, -0.05) is 42.1 Å². The summed E-state index contributed by atoms with van der Waals surface area (Å²) >= 11 is 1.57. The van der Waals surface area contributed by atoms with Crippen molar-refractivity contribution in [2.75, 3.05) is 7.11 Å². The third kappa shape index (κ3) is 4.32. The molecule has 1 aromatic carbocycles. The molecule has 0 amide bonds. The zero-order valence-electron chi connectivity index (χ0n) is 11.4. The van der Waals surface area contributed by atoms with E-state index in [2.05, 4.69) is 32.8 Å². The Hall–Kier alpha value is -1.92. The molecule has 0 spiro atoms. The van der Waals surface area contributed by atoms with Gasteiger partial charge in [-0.25, -0.2) is 4.98 Å². The van der Waals surface area contributed by atoms with Crippen LogP contribution in [0.1, 0.15) is 17.0 Å². The number of benzene rings is 1.